The molecular weight excluding hydrogens is 371 g/mol. The van der Waals surface area contributed by atoms with Crippen molar-refractivity contribution >= 4 is 19.9 Å². The molecule has 1 fully saturated rings. The minimum Gasteiger partial charge on any atom is -0.479 e. The molecule has 0 saturated carbocycles. The molecule has 27 heavy (non-hydrogen) atoms. The SMILES string of the molecule is CC(=O)N1C[C@H](Oc2cc(F)ccc2[N+](=O)[O-])[C@@H](O[Si](C)(C)C(C)(C)C)C1. The summed E-state index contributed by atoms with van der Waals surface area (Å²) in [7, 11) is -2.17. The number of hydrogen-bond acceptors (Lipinski definition) is 5. The van der Waals surface area contributed by atoms with Crippen LogP contribution in [0.1, 0.15) is 27.7 Å². The lowest BCUT2D eigenvalue weighted by Crippen LogP contribution is -2.48. The molecule has 1 heterocycles. The predicted molar refractivity (Wildman–Crippen MR) is 102 cm³/mol. The number of carbonyl (C=O) groups excluding carboxylic acids is 1. The third-order valence-corrected chi connectivity index (χ3v) is 9.81. The van der Waals surface area contributed by atoms with E-state index in [1.807, 2.05) is 0 Å². The molecule has 0 radical (unpaired) electrons. The first kappa shape index (κ1) is 21.3. The van der Waals surface area contributed by atoms with Crippen molar-refractivity contribution in [3.05, 3.63) is 34.1 Å². The van der Waals surface area contributed by atoms with Crippen LogP contribution in [0.15, 0.2) is 18.2 Å². The molecule has 1 aliphatic heterocycles. The number of likely N-dealkylation sites (tertiary alicyclic amines) is 1. The summed E-state index contributed by atoms with van der Waals surface area (Å²) in [5.74, 6) is -0.906. The van der Waals surface area contributed by atoms with Gasteiger partial charge in [0.05, 0.1) is 11.5 Å². The summed E-state index contributed by atoms with van der Waals surface area (Å²) in [4.78, 5) is 24.1. The first-order valence-corrected chi connectivity index (χ1v) is 11.8. The quantitative estimate of drug-likeness (QED) is 0.429. The van der Waals surface area contributed by atoms with Crippen molar-refractivity contribution in [1.82, 2.24) is 4.90 Å². The third-order valence-electron chi connectivity index (χ3n) is 5.31. The first-order chi connectivity index (χ1) is 12.3. The van der Waals surface area contributed by atoms with Gasteiger partial charge in [0.25, 0.3) is 0 Å². The number of carbonyl (C=O) groups is 1. The van der Waals surface area contributed by atoms with E-state index in [4.69, 9.17) is 9.16 Å². The van der Waals surface area contributed by atoms with Crippen molar-refractivity contribution in [2.75, 3.05) is 13.1 Å². The highest BCUT2D eigenvalue weighted by Gasteiger charge is 2.45. The number of halogens is 1. The minimum absolute atomic E-state index is 0.0496. The average molecular weight is 399 g/mol. The molecule has 2 atom stereocenters. The maximum Gasteiger partial charge on any atom is 0.311 e. The summed E-state index contributed by atoms with van der Waals surface area (Å²) in [6.07, 6.45) is -1.04. The highest BCUT2D eigenvalue weighted by Crippen LogP contribution is 2.39. The topological polar surface area (TPSA) is 81.9 Å². The Labute approximate surface area is 159 Å². The minimum atomic E-state index is -2.17. The third kappa shape index (κ3) is 4.84. The van der Waals surface area contributed by atoms with Gasteiger partial charge in [-0.15, -0.1) is 0 Å². The fourth-order valence-electron chi connectivity index (χ4n) is 2.68. The molecule has 0 bridgehead atoms. The Hall–Kier alpha value is -2.00. The summed E-state index contributed by atoms with van der Waals surface area (Å²) in [6, 6.07) is 3.09. The van der Waals surface area contributed by atoms with E-state index in [2.05, 4.69) is 33.9 Å². The summed E-state index contributed by atoms with van der Waals surface area (Å²) in [5.41, 5.74) is -0.316. The smallest absolute Gasteiger partial charge is 0.311 e. The van der Waals surface area contributed by atoms with E-state index in [9.17, 15) is 19.3 Å². The number of nitro groups is 1. The van der Waals surface area contributed by atoms with E-state index in [0.717, 1.165) is 18.2 Å². The van der Waals surface area contributed by atoms with Gasteiger partial charge in [0.15, 0.2) is 14.1 Å². The Morgan fingerprint density at radius 3 is 2.41 bits per heavy atom. The molecule has 0 aromatic heterocycles. The monoisotopic (exact) mass is 398 g/mol. The Balaban J connectivity index is 2.31. The molecule has 0 N–H and O–H groups in total. The van der Waals surface area contributed by atoms with Crippen molar-refractivity contribution in [3.8, 4) is 5.75 Å². The molecule has 2 rings (SSSR count). The van der Waals surface area contributed by atoms with Gasteiger partial charge in [0.1, 0.15) is 18.0 Å². The second-order valence-electron chi connectivity index (χ2n) is 8.37. The summed E-state index contributed by atoms with van der Waals surface area (Å²) >= 11 is 0. The molecule has 0 aliphatic carbocycles. The Morgan fingerprint density at radius 1 is 1.30 bits per heavy atom. The van der Waals surface area contributed by atoms with Gasteiger partial charge in [-0.25, -0.2) is 4.39 Å². The molecule has 1 aliphatic rings. The van der Waals surface area contributed by atoms with Gasteiger partial charge in [-0.2, -0.15) is 0 Å². The molecule has 7 nitrogen and oxygen atoms in total. The zero-order chi connectivity index (χ0) is 20.6. The number of ether oxygens (including phenoxy) is 1. The molecule has 150 valence electrons. The molecule has 0 unspecified atom stereocenters. The standard InChI is InChI=1S/C18H27FN2O5Si/c1-12(22)20-10-16(17(11-20)26-27(5,6)18(2,3)4)25-15-9-13(19)7-8-14(15)21(23)24/h7-9,16-17H,10-11H2,1-6H3/t16-,17-/m0/s1. The molecular formula is C18H27FN2O5Si. The Bertz CT molecular complexity index is 735. The van der Waals surface area contributed by atoms with Gasteiger partial charge in [-0.05, 0) is 24.2 Å². The predicted octanol–water partition coefficient (Wildman–Crippen LogP) is 3.73. The van der Waals surface area contributed by atoms with E-state index in [1.165, 1.54) is 6.92 Å². The largest absolute Gasteiger partial charge is 0.479 e. The fraction of sp³-hybridized carbons (Fsp3) is 0.611. The number of nitrogens with zero attached hydrogens (tertiary/aromatic N) is 2. The fourth-order valence-corrected chi connectivity index (χ4v) is 4.02. The summed E-state index contributed by atoms with van der Waals surface area (Å²) in [6.45, 7) is 12.5. The zero-order valence-electron chi connectivity index (χ0n) is 16.6. The van der Waals surface area contributed by atoms with Crippen LogP contribution in [-0.4, -0.2) is 49.3 Å². The van der Waals surface area contributed by atoms with Crippen LogP contribution in [0.4, 0.5) is 10.1 Å². The van der Waals surface area contributed by atoms with Gasteiger partial charge in [-0.1, -0.05) is 20.8 Å². The lowest BCUT2D eigenvalue weighted by molar-refractivity contribution is -0.386. The number of amides is 1. The lowest BCUT2D eigenvalue weighted by Gasteiger charge is -2.39. The number of hydrogen-bond donors (Lipinski definition) is 0. The Kier molecular flexibility index (Phi) is 5.96. The molecule has 1 aromatic rings. The van der Waals surface area contributed by atoms with Crippen LogP contribution in [0.5, 0.6) is 5.75 Å². The Morgan fingerprint density at radius 2 is 1.89 bits per heavy atom. The summed E-state index contributed by atoms with van der Waals surface area (Å²) in [5, 5.41) is 11.2. The average Bonchev–Trinajstić information content (AvgIpc) is 2.88. The van der Waals surface area contributed by atoms with Gasteiger partial charge in [0.2, 0.25) is 5.91 Å². The van der Waals surface area contributed by atoms with Gasteiger partial charge >= 0.3 is 5.69 Å². The van der Waals surface area contributed by atoms with Gasteiger partial charge < -0.3 is 14.1 Å². The van der Waals surface area contributed by atoms with Crippen LogP contribution in [-0.2, 0) is 9.22 Å². The lowest BCUT2D eigenvalue weighted by atomic mass is 10.2. The molecule has 1 amide bonds. The van der Waals surface area contributed by atoms with E-state index < -0.39 is 31.3 Å². The van der Waals surface area contributed by atoms with Crippen LogP contribution >= 0.6 is 0 Å². The maximum atomic E-state index is 13.6. The van der Waals surface area contributed by atoms with Crippen LogP contribution in [0.3, 0.4) is 0 Å². The highest BCUT2D eigenvalue weighted by molar-refractivity contribution is 6.74. The number of nitro benzene ring substituents is 1. The van der Waals surface area contributed by atoms with Crippen LogP contribution in [0, 0.1) is 15.9 Å². The van der Waals surface area contributed by atoms with E-state index >= 15 is 0 Å². The first-order valence-electron chi connectivity index (χ1n) is 8.86. The molecule has 1 aromatic carbocycles. The van der Waals surface area contributed by atoms with Crippen molar-refractivity contribution in [2.45, 2.75) is 58.0 Å². The second-order valence-corrected chi connectivity index (χ2v) is 13.1. The van der Waals surface area contributed by atoms with Gasteiger partial charge in [-0.3, -0.25) is 14.9 Å². The summed E-state index contributed by atoms with van der Waals surface area (Å²) < 4.78 is 25.9. The maximum absolute atomic E-state index is 13.6. The van der Waals surface area contributed by atoms with Crippen LogP contribution in [0.2, 0.25) is 18.1 Å². The van der Waals surface area contributed by atoms with Crippen molar-refractivity contribution in [1.29, 1.82) is 0 Å². The van der Waals surface area contributed by atoms with E-state index in [0.29, 0.717) is 6.54 Å². The number of rotatable bonds is 5. The van der Waals surface area contributed by atoms with Gasteiger partial charge in [0, 0.05) is 25.6 Å². The second kappa shape index (κ2) is 7.55. The van der Waals surface area contributed by atoms with Crippen LogP contribution < -0.4 is 4.74 Å². The van der Waals surface area contributed by atoms with E-state index in [-0.39, 0.29) is 28.9 Å². The molecule has 9 heteroatoms. The van der Waals surface area contributed by atoms with Crippen molar-refractivity contribution in [3.63, 3.8) is 0 Å². The highest BCUT2D eigenvalue weighted by atomic mass is 28.4. The normalized spacial score (nSPS) is 20.6. The zero-order valence-corrected chi connectivity index (χ0v) is 17.6. The van der Waals surface area contributed by atoms with Crippen molar-refractivity contribution in [2.24, 2.45) is 0 Å². The van der Waals surface area contributed by atoms with E-state index in [1.54, 1.807) is 4.90 Å². The molecule has 1 saturated heterocycles. The van der Waals surface area contributed by atoms with Crippen LogP contribution in [0.25, 0.3) is 0 Å². The number of benzene rings is 1. The van der Waals surface area contributed by atoms with Crippen molar-refractivity contribution < 1.29 is 23.3 Å². The molecule has 0 spiro atoms.